The number of hydrogen-bond acceptors (Lipinski definition) is 3. The summed E-state index contributed by atoms with van der Waals surface area (Å²) in [6, 6.07) is 6.36. The van der Waals surface area contributed by atoms with E-state index in [1.165, 1.54) is 12.1 Å². The van der Waals surface area contributed by atoms with Gasteiger partial charge in [0, 0.05) is 6.04 Å². The number of primary amides is 1. The quantitative estimate of drug-likeness (QED) is 0.736. The Balaban J connectivity index is 2.00. The van der Waals surface area contributed by atoms with Crippen LogP contribution in [-0.2, 0) is 9.59 Å². The maximum atomic E-state index is 12.0. The van der Waals surface area contributed by atoms with Crippen molar-refractivity contribution < 1.29 is 14.4 Å². The highest BCUT2D eigenvalue weighted by Gasteiger charge is 2.25. The first kappa shape index (κ1) is 16.0. The van der Waals surface area contributed by atoms with Crippen LogP contribution in [0.5, 0.6) is 0 Å². The van der Waals surface area contributed by atoms with Crippen molar-refractivity contribution in [2.45, 2.75) is 38.6 Å². The molecule has 2 rings (SSSR count). The Morgan fingerprint density at radius 1 is 1.09 bits per heavy atom. The molecule has 1 saturated carbocycles. The summed E-state index contributed by atoms with van der Waals surface area (Å²) < 4.78 is 0. The molecule has 3 amide bonds. The van der Waals surface area contributed by atoms with Crippen LogP contribution in [0, 0.1) is 5.92 Å². The number of para-hydroxylation sites is 1. The maximum Gasteiger partial charge on any atom is 0.313 e. The number of amides is 3. The van der Waals surface area contributed by atoms with Gasteiger partial charge in [-0.2, -0.15) is 0 Å². The molecule has 0 bridgehead atoms. The molecule has 4 N–H and O–H groups in total. The number of nitrogens with one attached hydrogen (secondary N) is 2. The van der Waals surface area contributed by atoms with Crippen LogP contribution in [0.3, 0.4) is 0 Å². The molecule has 22 heavy (non-hydrogen) atoms. The third kappa shape index (κ3) is 3.84. The van der Waals surface area contributed by atoms with E-state index in [9.17, 15) is 14.4 Å². The van der Waals surface area contributed by atoms with E-state index in [4.69, 9.17) is 5.73 Å². The molecule has 0 aromatic heterocycles. The number of benzene rings is 1. The van der Waals surface area contributed by atoms with E-state index in [1.807, 2.05) is 0 Å². The second-order valence-corrected chi connectivity index (χ2v) is 5.71. The summed E-state index contributed by atoms with van der Waals surface area (Å²) in [5.74, 6) is -1.76. The minimum Gasteiger partial charge on any atom is -0.366 e. The molecule has 118 valence electrons. The van der Waals surface area contributed by atoms with Crippen LogP contribution in [0.1, 0.15) is 43.0 Å². The summed E-state index contributed by atoms with van der Waals surface area (Å²) >= 11 is 0. The molecule has 6 heteroatoms. The van der Waals surface area contributed by atoms with Crippen molar-refractivity contribution in [1.29, 1.82) is 0 Å². The molecule has 0 spiro atoms. The highest BCUT2D eigenvalue weighted by atomic mass is 16.2. The van der Waals surface area contributed by atoms with Crippen molar-refractivity contribution in [2.24, 2.45) is 11.7 Å². The van der Waals surface area contributed by atoms with E-state index >= 15 is 0 Å². The molecule has 0 heterocycles. The van der Waals surface area contributed by atoms with Gasteiger partial charge < -0.3 is 16.4 Å². The first-order valence-electron chi connectivity index (χ1n) is 7.49. The zero-order valence-corrected chi connectivity index (χ0v) is 12.6. The van der Waals surface area contributed by atoms with Crippen molar-refractivity contribution in [3.63, 3.8) is 0 Å². The van der Waals surface area contributed by atoms with Gasteiger partial charge in [-0.25, -0.2) is 0 Å². The first-order valence-corrected chi connectivity index (χ1v) is 7.49. The van der Waals surface area contributed by atoms with E-state index in [2.05, 4.69) is 17.6 Å². The maximum absolute atomic E-state index is 12.0. The number of nitrogens with two attached hydrogens (primary N) is 1. The second-order valence-electron chi connectivity index (χ2n) is 5.71. The Morgan fingerprint density at radius 2 is 1.77 bits per heavy atom. The van der Waals surface area contributed by atoms with Gasteiger partial charge in [-0.15, -0.1) is 0 Å². The fraction of sp³-hybridized carbons (Fsp3) is 0.438. The summed E-state index contributed by atoms with van der Waals surface area (Å²) in [5, 5.41) is 5.21. The minimum atomic E-state index is -0.786. The normalized spacial score (nSPS) is 21.0. The zero-order valence-electron chi connectivity index (χ0n) is 12.6. The Bertz CT molecular complexity index is 586. The van der Waals surface area contributed by atoms with Crippen molar-refractivity contribution >= 4 is 23.4 Å². The topological polar surface area (TPSA) is 101 Å². The Labute approximate surface area is 129 Å². The van der Waals surface area contributed by atoms with Gasteiger partial charge in [-0.3, -0.25) is 14.4 Å². The third-order valence-corrected chi connectivity index (χ3v) is 4.07. The average molecular weight is 303 g/mol. The second kappa shape index (κ2) is 7.06. The van der Waals surface area contributed by atoms with Crippen LogP contribution in [0.2, 0.25) is 0 Å². The zero-order chi connectivity index (χ0) is 16.1. The number of hydrogen-bond donors (Lipinski definition) is 3. The lowest BCUT2D eigenvalue weighted by atomic mass is 9.86. The standard InChI is InChI=1S/C16H21N3O3/c1-10-6-2-4-8-12(10)18-15(21)16(22)19-13-9-5-3-7-11(13)14(17)20/h3,5,7,9-10,12H,2,4,6,8H2,1H3,(H2,17,20)(H,18,21)(H,19,22). The fourth-order valence-corrected chi connectivity index (χ4v) is 2.75. The molecule has 1 fully saturated rings. The molecule has 1 aliphatic rings. The summed E-state index contributed by atoms with van der Waals surface area (Å²) in [7, 11) is 0. The largest absolute Gasteiger partial charge is 0.366 e. The molecular weight excluding hydrogens is 282 g/mol. The lowest BCUT2D eigenvalue weighted by Gasteiger charge is -2.29. The van der Waals surface area contributed by atoms with Crippen LogP contribution in [-0.4, -0.2) is 23.8 Å². The summed E-state index contributed by atoms with van der Waals surface area (Å²) in [6.45, 7) is 2.07. The molecule has 0 saturated heterocycles. The lowest BCUT2D eigenvalue weighted by Crippen LogP contribution is -2.45. The third-order valence-electron chi connectivity index (χ3n) is 4.07. The first-order chi connectivity index (χ1) is 10.5. The van der Waals surface area contributed by atoms with Gasteiger partial charge >= 0.3 is 11.8 Å². The molecule has 2 unspecified atom stereocenters. The summed E-state index contributed by atoms with van der Waals surface area (Å²) in [5.41, 5.74) is 5.66. The van der Waals surface area contributed by atoms with Gasteiger partial charge in [0.15, 0.2) is 0 Å². The summed E-state index contributed by atoms with van der Waals surface area (Å²) in [6.07, 6.45) is 4.16. The van der Waals surface area contributed by atoms with E-state index in [-0.39, 0.29) is 17.3 Å². The predicted octanol–water partition coefficient (Wildman–Crippen LogP) is 1.42. The Kier molecular flexibility index (Phi) is 5.14. The van der Waals surface area contributed by atoms with E-state index in [0.717, 1.165) is 25.7 Å². The van der Waals surface area contributed by atoms with Crippen molar-refractivity contribution in [2.75, 3.05) is 5.32 Å². The molecule has 6 nitrogen and oxygen atoms in total. The summed E-state index contributed by atoms with van der Waals surface area (Å²) in [4.78, 5) is 35.3. The van der Waals surface area contributed by atoms with Crippen molar-refractivity contribution in [1.82, 2.24) is 5.32 Å². The van der Waals surface area contributed by atoms with Crippen LogP contribution < -0.4 is 16.4 Å². The van der Waals surface area contributed by atoms with Crippen LogP contribution in [0.4, 0.5) is 5.69 Å². The van der Waals surface area contributed by atoms with Crippen molar-refractivity contribution in [3.05, 3.63) is 29.8 Å². The van der Waals surface area contributed by atoms with Crippen LogP contribution in [0.25, 0.3) is 0 Å². The molecule has 2 atom stereocenters. The van der Waals surface area contributed by atoms with Gasteiger partial charge in [0.1, 0.15) is 0 Å². The smallest absolute Gasteiger partial charge is 0.313 e. The molecule has 0 aliphatic heterocycles. The number of carbonyl (C=O) groups is 3. The SMILES string of the molecule is CC1CCCCC1NC(=O)C(=O)Nc1ccccc1C(N)=O. The molecule has 1 aliphatic carbocycles. The highest BCUT2D eigenvalue weighted by Crippen LogP contribution is 2.23. The predicted molar refractivity (Wildman–Crippen MR) is 83.2 cm³/mol. The van der Waals surface area contributed by atoms with Gasteiger partial charge in [-0.05, 0) is 30.9 Å². The van der Waals surface area contributed by atoms with Gasteiger partial charge in [0.25, 0.3) is 5.91 Å². The van der Waals surface area contributed by atoms with E-state index < -0.39 is 17.7 Å². The molecular formula is C16H21N3O3. The van der Waals surface area contributed by atoms with Gasteiger partial charge in [0.05, 0.1) is 11.3 Å². The van der Waals surface area contributed by atoms with Gasteiger partial charge in [0.2, 0.25) is 0 Å². The lowest BCUT2D eigenvalue weighted by molar-refractivity contribution is -0.137. The number of carbonyl (C=O) groups excluding carboxylic acids is 3. The number of rotatable bonds is 3. The number of anilines is 1. The minimum absolute atomic E-state index is 0.0263. The Hall–Kier alpha value is -2.37. The average Bonchev–Trinajstić information content (AvgIpc) is 2.49. The van der Waals surface area contributed by atoms with Crippen molar-refractivity contribution in [3.8, 4) is 0 Å². The fourth-order valence-electron chi connectivity index (χ4n) is 2.75. The monoisotopic (exact) mass is 303 g/mol. The van der Waals surface area contributed by atoms with E-state index in [0.29, 0.717) is 5.92 Å². The molecule has 1 aromatic rings. The van der Waals surface area contributed by atoms with Crippen LogP contribution >= 0.6 is 0 Å². The van der Waals surface area contributed by atoms with Crippen LogP contribution in [0.15, 0.2) is 24.3 Å². The highest BCUT2D eigenvalue weighted by molar-refractivity contribution is 6.40. The molecule has 0 radical (unpaired) electrons. The van der Waals surface area contributed by atoms with Gasteiger partial charge in [-0.1, -0.05) is 31.9 Å². The molecule has 1 aromatic carbocycles. The van der Waals surface area contributed by atoms with E-state index in [1.54, 1.807) is 12.1 Å². The Morgan fingerprint density at radius 3 is 2.45 bits per heavy atom.